The Balaban J connectivity index is 2.58. The lowest BCUT2D eigenvalue weighted by molar-refractivity contribution is -0.150. The fraction of sp³-hybridized carbons (Fsp3) is 0.550. The summed E-state index contributed by atoms with van der Waals surface area (Å²) in [5.41, 5.74) is -0.601. The Morgan fingerprint density at radius 1 is 1.10 bits per heavy atom. The largest absolute Gasteiger partial charge is 0.508 e. The molecule has 1 unspecified atom stereocenters. The fourth-order valence-corrected chi connectivity index (χ4v) is 3.58. The number of methoxy groups -OCH3 is 2. The van der Waals surface area contributed by atoms with Crippen molar-refractivity contribution in [2.75, 3.05) is 14.2 Å². The number of esters is 2. The minimum absolute atomic E-state index is 0.138. The number of hydrogen-bond acceptors (Lipinski definition) is 8. The molecule has 160 valence electrons. The van der Waals surface area contributed by atoms with E-state index in [1.165, 1.54) is 13.2 Å². The number of carbonyl (C=O) groups excluding carboxylic acids is 3. The highest BCUT2D eigenvalue weighted by atomic mass is 16.6. The van der Waals surface area contributed by atoms with Gasteiger partial charge >= 0.3 is 18.0 Å². The van der Waals surface area contributed by atoms with E-state index in [9.17, 15) is 24.6 Å². The highest BCUT2D eigenvalue weighted by Gasteiger charge is 2.56. The van der Waals surface area contributed by atoms with E-state index in [2.05, 4.69) is 0 Å². The second-order valence-electron chi connectivity index (χ2n) is 7.80. The molecule has 1 aliphatic heterocycles. The van der Waals surface area contributed by atoms with Crippen LogP contribution >= 0.6 is 0 Å². The summed E-state index contributed by atoms with van der Waals surface area (Å²) >= 11 is 0. The highest BCUT2D eigenvalue weighted by Crippen LogP contribution is 2.46. The van der Waals surface area contributed by atoms with Crippen molar-refractivity contribution in [2.45, 2.75) is 51.0 Å². The minimum atomic E-state index is -1.54. The van der Waals surface area contributed by atoms with Gasteiger partial charge in [-0.15, -0.1) is 0 Å². The van der Waals surface area contributed by atoms with E-state index in [-0.39, 0.29) is 17.7 Å². The summed E-state index contributed by atoms with van der Waals surface area (Å²) in [7, 11) is 2.34. The Morgan fingerprint density at radius 2 is 1.72 bits per heavy atom. The number of likely N-dealkylation sites (tertiary alicyclic amines) is 1. The number of para-hydroxylation sites is 1. The summed E-state index contributed by atoms with van der Waals surface area (Å²) in [6.07, 6.45) is -2.77. The van der Waals surface area contributed by atoms with Gasteiger partial charge in [0.25, 0.3) is 0 Å². The Bertz CT molecular complexity index is 772. The molecule has 1 fully saturated rings. The number of nitrogens with zero attached hydrogens (tertiary/aromatic N) is 1. The van der Waals surface area contributed by atoms with Crippen LogP contribution in [0.1, 0.15) is 38.7 Å². The van der Waals surface area contributed by atoms with Crippen molar-refractivity contribution >= 4 is 18.0 Å². The third-order valence-corrected chi connectivity index (χ3v) is 4.75. The SMILES string of the molecule is COC(=O)C[C@H]1[C@H](c2ccccc2O)C(O)N(C(=O)OC(C)(C)C)[C@@H]1C(=O)OC. The van der Waals surface area contributed by atoms with E-state index >= 15 is 0 Å². The van der Waals surface area contributed by atoms with E-state index < -0.39 is 47.7 Å². The van der Waals surface area contributed by atoms with Crippen LogP contribution in [0.5, 0.6) is 5.75 Å². The summed E-state index contributed by atoms with van der Waals surface area (Å²) in [5.74, 6) is -3.46. The third-order valence-electron chi connectivity index (χ3n) is 4.75. The molecule has 1 saturated heterocycles. The fourth-order valence-electron chi connectivity index (χ4n) is 3.58. The van der Waals surface area contributed by atoms with Crippen LogP contribution < -0.4 is 0 Å². The summed E-state index contributed by atoms with van der Waals surface area (Å²) in [6.45, 7) is 4.94. The zero-order valence-electron chi connectivity index (χ0n) is 17.1. The van der Waals surface area contributed by atoms with Gasteiger partial charge in [-0.05, 0) is 26.8 Å². The lowest BCUT2D eigenvalue weighted by atomic mass is 9.82. The number of aliphatic hydroxyl groups excluding tert-OH is 1. The van der Waals surface area contributed by atoms with E-state index in [1.54, 1.807) is 39.0 Å². The Morgan fingerprint density at radius 3 is 2.24 bits per heavy atom. The molecule has 1 aliphatic rings. The molecular formula is C20H27NO8. The number of aliphatic hydroxyl groups is 1. The molecule has 9 nitrogen and oxygen atoms in total. The molecule has 2 rings (SSSR count). The molecule has 0 radical (unpaired) electrons. The van der Waals surface area contributed by atoms with Crippen LogP contribution in [0.25, 0.3) is 0 Å². The average molecular weight is 409 g/mol. The van der Waals surface area contributed by atoms with Gasteiger partial charge in [0.05, 0.1) is 20.6 Å². The molecule has 9 heteroatoms. The maximum Gasteiger partial charge on any atom is 0.413 e. The smallest absolute Gasteiger partial charge is 0.413 e. The molecular weight excluding hydrogens is 382 g/mol. The molecule has 0 aliphatic carbocycles. The summed E-state index contributed by atoms with van der Waals surface area (Å²) in [6, 6.07) is 4.90. The quantitative estimate of drug-likeness (QED) is 0.570. The number of aromatic hydroxyl groups is 1. The molecule has 0 bridgehead atoms. The molecule has 1 aromatic carbocycles. The van der Waals surface area contributed by atoms with Gasteiger partial charge in [-0.1, -0.05) is 18.2 Å². The number of amides is 1. The van der Waals surface area contributed by atoms with E-state index in [4.69, 9.17) is 14.2 Å². The maximum absolute atomic E-state index is 12.8. The average Bonchev–Trinajstić information content (AvgIpc) is 2.92. The van der Waals surface area contributed by atoms with Crippen molar-refractivity contribution < 1.29 is 38.8 Å². The zero-order chi connectivity index (χ0) is 21.9. The van der Waals surface area contributed by atoms with Crippen LogP contribution in [0, 0.1) is 5.92 Å². The summed E-state index contributed by atoms with van der Waals surface area (Å²) in [4.78, 5) is 38.3. The van der Waals surface area contributed by atoms with E-state index in [0.29, 0.717) is 0 Å². The standard InChI is InChI=1S/C20H27NO8/c1-20(2,3)29-19(26)21-16(18(25)28-5)12(10-14(23)27-4)15(17(21)24)11-8-6-7-9-13(11)22/h6-9,12,15-17,22,24H,10H2,1-5H3/t12-,15-,16-,17?/m0/s1. The van der Waals surface area contributed by atoms with Crippen molar-refractivity contribution in [1.29, 1.82) is 0 Å². The van der Waals surface area contributed by atoms with Crippen molar-refractivity contribution in [3.63, 3.8) is 0 Å². The van der Waals surface area contributed by atoms with E-state index in [1.807, 2.05) is 0 Å². The predicted octanol–water partition coefficient (Wildman–Crippen LogP) is 1.77. The Labute approximate surface area is 169 Å². The summed E-state index contributed by atoms with van der Waals surface area (Å²) < 4.78 is 14.9. The van der Waals surface area contributed by atoms with Crippen molar-refractivity contribution in [1.82, 2.24) is 4.90 Å². The van der Waals surface area contributed by atoms with Gasteiger partial charge in [0.2, 0.25) is 0 Å². The number of rotatable bonds is 4. The summed E-state index contributed by atoms with van der Waals surface area (Å²) in [5, 5.41) is 21.3. The number of hydrogen-bond donors (Lipinski definition) is 2. The third kappa shape index (κ3) is 4.79. The molecule has 2 N–H and O–H groups in total. The van der Waals surface area contributed by atoms with Gasteiger partial charge in [0.1, 0.15) is 23.6 Å². The van der Waals surface area contributed by atoms with Crippen LogP contribution in [0.15, 0.2) is 24.3 Å². The first-order valence-corrected chi connectivity index (χ1v) is 9.13. The first-order chi connectivity index (χ1) is 13.5. The number of benzene rings is 1. The number of phenolic OH excluding ortho intramolecular Hbond substituents is 1. The zero-order valence-corrected chi connectivity index (χ0v) is 17.1. The van der Waals surface area contributed by atoms with Crippen LogP contribution in [-0.4, -0.2) is 65.2 Å². The van der Waals surface area contributed by atoms with Gasteiger partial charge in [-0.2, -0.15) is 0 Å². The minimum Gasteiger partial charge on any atom is -0.508 e. The molecule has 0 spiro atoms. The van der Waals surface area contributed by atoms with Crippen LogP contribution in [0.2, 0.25) is 0 Å². The van der Waals surface area contributed by atoms with E-state index in [0.717, 1.165) is 12.0 Å². The lowest BCUT2D eigenvalue weighted by Gasteiger charge is -2.30. The van der Waals surface area contributed by atoms with Crippen molar-refractivity contribution in [3.05, 3.63) is 29.8 Å². The highest BCUT2D eigenvalue weighted by molar-refractivity contribution is 5.84. The second-order valence-corrected chi connectivity index (χ2v) is 7.80. The normalized spacial score (nSPS) is 24.1. The number of carbonyl (C=O) groups is 3. The predicted molar refractivity (Wildman–Crippen MR) is 101 cm³/mol. The molecule has 29 heavy (non-hydrogen) atoms. The lowest BCUT2D eigenvalue weighted by Crippen LogP contribution is -2.49. The topological polar surface area (TPSA) is 123 Å². The van der Waals surface area contributed by atoms with Gasteiger partial charge in [0, 0.05) is 17.4 Å². The first kappa shape index (κ1) is 22.5. The second kappa shape index (κ2) is 8.69. The Kier molecular flexibility index (Phi) is 6.73. The van der Waals surface area contributed by atoms with Gasteiger partial charge in [-0.25, -0.2) is 9.59 Å². The molecule has 4 atom stereocenters. The molecule has 0 saturated carbocycles. The number of ether oxygens (including phenoxy) is 3. The first-order valence-electron chi connectivity index (χ1n) is 9.13. The van der Waals surface area contributed by atoms with Gasteiger partial charge < -0.3 is 24.4 Å². The van der Waals surface area contributed by atoms with Crippen LogP contribution in [0.3, 0.4) is 0 Å². The molecule has 0 aromatic heterocycles. The number of phenols is 1. The molecule has 1 aromatic rings. The van der Waals surface area contributed by atoms with Crippen LogP contribution in [0.4, 0.5) is 4.79 Å². The van der Waals surface area contributed by atoms with Crippen molar-refractivity contribution in [3.8, 4) is 5.75 Å². The molecule has 1 amide bonds. The monoisotopic (exact) mass is 409 g/mol. The van der Waals surface area contributed by atoms with Gasteiger partial charge in [-0.3, -0.25) is 9.69 Å². The van der Waals surface area contributed by atoms with Crippen LogP contribution in [-0.2, 0) is 23.8 Å². The molecule has 1 heterocycles. The van der Waals surface area contributed by atoms with Crippen molar-refractivity contribution in [2.24, 2.45) is 5.92 Å². The maximum atomic E-state index is 12.8. The van der Waals surface area contributed by atoms with Gasteiger partial charge in [0.15, 0.2) is 0 Å². The Hall–Kier alpha value is -2.81.